The van der Waals surface area contributed by atoms with Crippen molar-refractivity contribution >= 4 is 34.2 Å². The first kappa shape index (κ1) is 17.3. The topological polar surface area (TPSA) is 68.0 Å². The highest BCUT2D eigenvalue weighted by molar-refractivity contribution is 6.41. The molecule has 25 heavy (non-hydrogen) atoms. The van der Waals surface area contributed by atoms with Crippen LogP contribution in [0.1, 0.15) is 11.3 Å². The number of aromatic nitrogens is 2. The standard InChI is InChI=1S/C18H13Cl2N3O2/c1-9-8-22-18-11(5-4-10(7-21)17(18)23-9)14-15(19)12(24-2)6-13(25-3)16(14)20/h4-6,8H,1-3H3. The first-order chi connectivity index (χ1) is 12.0. The fourth-order valence-corrected chi connectivity index (χ4v) is 3.31. The Bertz CT molecular complexity index is 1000. The quantitative estimate of drug-likeness (QED) is 0.659. The third-order valence-electron chi connectivity index (χ3n) is 3.78. The Morgan fingerprint density at radius 1 is 1.04 bits per heavy atom. The SMILES string of the molecule is COc1cc(OC)c(Cl)c(-c2ccc(C#N)c3nc(C)cnc23)c1Cl. The molecule has 0 radical (unpaired) electrons. The van der Waals surface area contributed by atoms with E-state index in [2.05, 4.69) is 16.0 Å². The number of aryl methyl sites for hydroxylation is 1. The molecule has 0 aliphatic carbocycles. The van der Waals surface area contributed by atoms with Crippen LogP contribution in [0, 0.1) is 18.3 Å². The Hall–Kier alpha value is -2.55. The number of hydrogen-bond acceptors (Lipinski definition) is 5. The summed E-state index contributed by atoms with van der Waals surface area (Å²) in [5.41, 5.74) is 3.33. The van der Waals surface area contributed by atoms with Crippen LogP contribution in [-0.2, 0) is 0 Å². The second kappa shape index (κ2) is 6.75. The number of benzene rings is 2. The van der Waals surface area contributed by atoms with Crippen LogP contribution in [-0.4, -0.2) is 24.2 Å². The third kappa shape index (κ3) is 2.84. The number of methoxy groups -OCH3 is 2. The minimum atomic E-state index is 0.335. The summed E-state index contributed by atoms with van der Waals surface area (Å²) >= 11 is 13.0. The Morgan fingerprint density at radius 3 is 2.24 bits per heavy atom. The highest BCUT2D eigenvalue weighted by Crippen LogP contribution is 2.47. The molecule has 0 atom stereocenters. The van der Waals surface area contributed by atoms with Gasteiger partial charge < -0.3 is 9.47 Å². The lowest BCUT2D eigenvalue weighted by Crippen LogP contribution is -1.97. The molecule has 0 N–H and O–H groups in total. The summed E-state index contributed by atoms with van der Waals surface area (Å²) in [7, 11) is 3.02. The molecule has 2 aromatic carbocycles. The van der Waals surface area contributed by atoms with Crippen molar-refractivity contribution in [1.82, 2.24) is 9.97 Å². The summed E-state index contributed by atoms with van der Waals surface area (Å²) in [5.74, 6) is 0.853. The molecule has 0 fully saturated rings. The molecular weight excluding hydrogens is 361 g/mol. The number of hydrogen-bond donors (Lipinski definition) is 0. The van der Waals surface area contributed by atoms with Crippen molar-refractivity contribution in [3.63, 3.8) is 0 Å². The van der Waals surface area contributed by atoms with E-state index in [1.54, 1.807) is 24.4 Å². The monoisotopic (exact) mass is 373 g/mol. The van der Waals surface area contributed by atoms with E-state index >= 15 is 0 Å². The van der Waals surface area contributed by atoms with E-state index in [1.807, 2.05) is 6.92 Å². The number of fused-ring (bicyclic) bond motifs is 1. The summed E-state index contributed by atoms with van der Waals surface area (Å²) in [5, 5.41) is 10.0. The van der Waals surface area contributed by atoms with E-state index < -0.39 is 0 Å². The van der Waals surface area contributed by atoms with Crippen LogP contribution in [0.3, 0.4) is 0 Å². The van der Waals surface area contributed by atoms with E-state index in [9.17, 15) is 5.26 Å². The minimum Gasteiger partial charge on any atom is -0.495 e. The van der Waals surface area contributed by atoms with Gasteiger partial charge in [0.05, 0.1) is 41.0 Å². The van der Waals surface area contributed by atoms with Crippen molar-refractivity contribution in [2.24, 2.45) is 0 Å². The minimum absolute atomic E-state index is 0.335. The first-order valence-corrected chi connectivity index (χ1v) is 8.04. The van der Waals surface area contributed by atoms with Crippen LogP contribution < -0.4 is 9.47 Å². The predicted octanol–water partition coefficient (Wildman–Crippen LogP) is 4.80. The third-order valence-corrected chi connectivity index (χ3v) is 4.53. The van der Waals surface area contributed by atoms with Gasteiger partial charge >= 0.3 is 0 Å². The maximum atomic E-state index is 9.35. The lowest BCUT2D eigenvalue weighted by Gasteiger charge is -2.16. The van der Waals surface area contributed by atoms with Crippen molar-refractivity contribution in [1.29, 1.82) is 5.26 Å². The van der Waals surface area contributed by atoms with Gasteiger partial charge in [-0.1, -0.05) is 29.3 Å². The molecule has 1 aromatic heterocycles. The largest absolute Gasteiger partial charge is 0.495 e. The molecule has 3 rings (SSSR count). The van der Waals surface area contributed by atoms with Crippen molar-refractivity contribution < 1.29 is 9.47 Å². The molecule has 0 aliphatic rings. The summed E-state index contributed by atoms with van der Waals surface area (Å²) < 4.78 is 10.6. The number of ether oxygens (including phenoxy) is 2. The maximum Gasteiger partial charge on any atom is 0.141 e. The van der Waals surface area contributed by atoms with E-state index in [1.165, 1.54) is 14.2 Å². The van der Waals surface area contributed by atoms with Crippen molar-refractivity contribution in [2.75, 3.05) is 14.2 Å². The molecule has 1 heterocycles. The Morgan fingerprint density at radius 2 is 1.68 bits per heavy atom. The van der Waals surface area contributed by atoms with Crippen LogP contribution >= 0.6 is 23.2 Å². The van der Waals surface area contributed by atoms with Crippen molar-refractivity contribution in [3.05, 3.63) is 45.7 Å². The first-order valence-electron chi connectivity index (χ1n) is 7.28. The maximum absolute atomic E-state index is 9.35. The number of nitrogens with zero attached hydrogens (tertiary/aromatic N) is 3. The molecule has 3 aromatic rings. The lowest BCUT2D eigenvalue weighted by atomic mass is 10.00. The van der Waals surface area contributed by atoms with Gasteiger partial charge in [0.1, 0.15) is 23.1 Å². The predicted molar refractivity (Wildman–Crippen MR) is 97.6 cm³/mol. The molecule has 0 saturated heterocycles. The Labute approximate surface area is 154 Å². The molecule has 0 spiro atoms. The van der Waals surface area contributed by atoms with Crippen molar-refractivity contribution in [3.8, 4) is 28.7 Å². The lowest BCUT2D eigenvalue weighted by molar-refractivity contribution is 0.395. The molecule has 0 amide bonds. The zero-order chi connectivity index (χ0) is 18.1. The number of halogens is 2. The van der Waals surface area contributed by atoms with E-state index in [4.69, 9.17) is 32.7 Å². The Kier molecular flexibility index (Phi) is 4.67. The fraction of sp³-hybridized carbons (Fsp3) is 0.167. The fourth-order valence-electron chi connectivity index (χ4n) is 2.60. The second-order valence-corrected chi connectivity index (χ2v) is 6.02. The van der Waals surface area contributed by atoms with Gasteiger partial charge in [0, 0.05) is 23.4 Å². The van der Waals surface area contributed by atoms with Gasteiger partial charge in [0.25, 0.3) is 0 Å². The van der Waals surface area contributed by atoms with Crippen LogP contribution in [0.25, 0.3) is 22.2 Å². The molecule has 126 valence electrons. The van der Waals surface area contributed by atoms with Crippen molar-refractivity contribution in [2.45, 2.75) is 6.92 Å². The summed E-state index contributed by atoms with van der Waals surface area (Å²) in [6.07, 6.45) is 1.63. The van der Waals surface area contributed by atoms with E-state index in [0.29, 0.717) is 55.0 Å². The normalized spacial score (nSPS) is 10.6. The second-order valence-electron chi connectivity index (χ2n) is 5.27. The van der Waals surface area contributed by atoms with Gasteiger partial charge in [-0.15, -0.1) is 0 Å². The number of nitriles is 1. The van der Waals surface area contributed by atoms with Gasteiger partial charge in [0.15, 0.2) is 0 Å². The Balaban J connectivity index is 2.44. The number of rotatable bonds is 3. The molecular formula is C18H13Cl2N3O2. The summed E-state index contributed by atoms with van der Waals surface area (Å²) in [4.78, 5) is 8.89. The average Bonchev–Trinajstić information content (AvgIpc) is 2.62. The van der Waals surface area contributed by atoms with Gasteiger partial charge in [-0.2, -0.15) is 5.26 Å². The smallest absolute Gasteiger partial charge is 0.141 e. The van der Waals surface area contributed by atoms with Gasteiger partial charge in [-0.3, -0.25) is 4.98 Å². The zero-order valence-corrected chi connectivity index (χ0v) is 15.2. The van der Waals surface area contributed by atoms with Gasteiger partial charge in [0.2, 0.25) is 0 Å². The molecule has 7 heteroatoms. The molecule has 0 aliphatic heterocycles. The van der Waals surface area contributed by atoms with E-state index in [-0.39, 0.29) is 0 Å². The zero-order valence-electron chi connectivity index (χ0n) is 13.7. The molecule has 0 bridgehead atoms. The molecule has 5 nitrogen and oxygen atoms in total. The van der Waals surface area contributed by atoms with Crippen LogP contribution in [0.4, 0.5) is 0 Å². The highest BCUT2D eigenvalue weighted by Gasteiger charge is 2.21. The molecule has 0 saturated carbocycles. The summed E-state index contributed by atoms with van der Waals surface area (Å²) in [6.45, 7) is 1.81. The van der Waals surface area contributed by atoms with Crippen LogP contribution in [0.2, 0.25) is 10.0 Å². The average molecular weight is 374 g/mol. The highest BCUT2D eigenvalue weighted by atomic mass is 35.5. The molecule has 0 unspecified atom stereocenters. The van der Waals surface area contributed by atoms with E-state index in [0.717, 1.165) is 0 Å². The van der Waals surface area contributed by atoms with Crippen LogP contribution in [0.5, 0.6) is 11.5 Å². The van der Waals surface area contributed by atoms with Gasteiger partial charge in [-0.25, -0.2) is 4.98 Å². The van der Waals surface area contributed by atoms with Gasteiger partial charge in [-0.05, 0) is 13.0 Å². The van der Waals surface area contributed by atoms with Crippen LogP contribution in [0.15, 0.2) is 24.4 Å². The summed E-state index contributed by atoms with van der Waals surface area (Å²) in [6, 6.07) is 7.17.